The van der Waals surface area contributed by atoms with E-state index in [-0.39, 0.29) is 0 Å². The van der Waals surface area contributed by atoms with Gasteiger partial charge in [0.05, 0.1) is 11.2 Å². The van der Waals surface area contributed by atoms with Gasteiger partial charge in [0, 0.05) is 11.9 Å². The molecule has 1 unspecified atom stereocenters. The van der Waals surface area contributed by atoms with Crippen molar-refractivity contribution in [2.24, 2.45) is 0 Å². The molecule has 4 nitrogen and oxygen atoms in total. The van der Waals surface area contributed by atoms with Crippen LogP contribution in [0.3, 0.4) is 0 Å². The Labute approximate surface area is 99.1 Å². The molecule has 2 rings (SSSR count). The molecule has 1 aromatic heterocycles. The maximum absolute atomic E-state index is 10.9. The van der Waals surface area contributed by atoms with Gasteiger partial charge in [-0.2, -0.15) is 0 Å². The Morgan fingerprint density at radius 1 is 1.47 bits per heavy atom. The van der Waals surface area contributed by atoms with Crippen molar-refractivity contribution in [1.29, 1.82) is 0 Å². The number of rotatable bonds is 3. The molecule has 0 aliphatic heterocycles. The minimum absolute atomic E-state index is 0.435. The van der Waals surface area contributed by atoms with Gasteiger partial charge in [-0.25, -0.2) is 4.79 Å². The summed E-state index contributed by atoms with van der Waals surface area (Å²) in [6.07, 6.45) is -1.47. The van der Waals surface area contributed by atoms with Crippen LogP contribution in [0.25, 0.3) is 10.9 Å². The number of benzene rings is 1. The Bertz CT molecular complexity index is 571. The van der Waals surface area contributed by atoms with Crippen LogP contribution in [0.5, 0.6) is 0 Å². The first-order valence-electron chi connectivity index (χ1n) is 5.56. The van der Waals surface area contributed by atoms with Crippen molar-refractivity contribution in [3.8, 4) is 0 Å². The maximum Gasteiger partial charge on any atom is 0.338 e. The molecule has 0 aliphatic carbocycles. The Morgan fingerprint density at radius 3 is 2.76 bits per heavy atom. The second-order valence-electron chi connectivity index (χ2n) is 4.07. The zero-order valence-electron chi connectivity index (χ0n) is 9.84. The van der Waals surface area contributed by atoms with E-state index >= 15 is 0 Å². The number of aliphatic carboxylic acids is 1. The van der Waals surface area contributed by atoms with Crippen molar-refractivity contribution >= 4 is 16.9 Å². The Hall–Kier alpha value is -1.81. The van der Waals surface area contributed by atoms with Gasteiger partial charge in [-0.05, 0) is 25.5 Å². The smallest absolute Gasteiger partial charge is 0.338 e. The third-order valence-electron chi connectivity index (χ3n) is 2.98. The molecule has 2 N–H and O–H groups in total. The fourth-order valence-electron chi connectivity index (χ4n) is 2.23. The van der Waals surface area contributed by atoms with E-state index in [1.165, 1.54) is 0 Å². The highest BCUT2D eigenvalue weighted by atomic mass is 16.4. The number of hydrogen-bond acceptors (Lipinski definition) is 2. The average molecular weight is 233 g/mol. The van der Waals surface area contributed by atoms with Crippen molar-refractivity contribution in [1.82, 2.24) is 4.57 Å². The van der Waals surface area contributed by atoms with E-state index in [0.29, 0.717) is 12.2 Å². The first-order chi connectivity index (χ1) is 8.06. The van der Waals surface area contributed by atoms with Gasteiger partial charge in [0.15, 0.2) is 6.10 Å². The number of aliphatic hydroxyl groups is 1. The minimum atomic E-state index is -1.47. The first-order valence-corrected chi connectivity index (χ1v) is 5.56. The SMILES string of the molecule is CCn1c(C(O)C(=O)O)cc2cccc(C)c21. The van der Waals surface area contributed by atoms with Gasteiger partial charge in [0.25, 0.3) is 0 Å². The van der Waals surface area contributed by atoms with E-state index < -0.39 is 12.1 Å². The molecule has 1 heterocycles. The van der Waals surface area contributed by atoms with Gasteiger partial charge in [0.2, 0.25) is 0 Å². The highest BCUT2D eigenvalue weighted by molar-refractivity contribution is 5.86. The molecule has 0 saturated carbocycles. The molecule has 0 aliphatic rings. The van der Waals surface area contributed by atoms with Crippen LogP contribution in [0, 0.1) is 6.92 Å². The summed E-state index contributed by atoms with van der Waals surface area (Å²) in [6.45, 7) is 4.55. The molecule has 17 heavy (non-hydrogen) atoms. The number of hydrogen-bond donors (Lipinski definition) is 2. The molecule has 0 radical (unpaired) electrons. The molecule has 1 aromatic carbocycles. The molecule has 0 spiro atoms. The number of carboxylic acids is 1. The van der Waals surface area contributed by atoms with E-state index in [0.717, 1.165) is 16.5 Å². The van der Waals surface area contributed by atoms with Crippen molar-refractivity contribution in [2.75, 3.05) is 0 Å². The fraction of sp³-hybridized carbons (Fsp3) is 0.308. The highest BCUT2D eigenvalue weighted by Gasteiger charge is 2.21. The average Bonchev–Trinajstić information content (AvgIpc) is 2.67. The summed E-state index contributed by atoms with van der Waals surface area (Å²) < 4.78 is 1.85. The number of carboxylic acid groups (broad SMARTS) is 1. The summed E-state index contributed by atoms with van der Waals surface area (Å²) in [5.74, 6) is -1.22. The Balaban J connectivity index is 2.73. The van der Waals surface area contributed by atoms with E-state index in [2.05, 4.69) is 0 Å². The number of fused-ring (bicyclic) bond motifs is 1. The van der Waals surface area contributed by atoms with Crippen LogP contribution < -0.4 is 0 Å². The van der Waals surface area contributed by atoms with Crippen LogP contribution >= 0.6 is 0 Å². The number of carbonyl (C=O) groups is 1. The highest BCUT2D eigenvalue weighted by Crippen LogP contribution is 2.27. The van der Waals surface area contributed by atoms with E-state index in [9.17, 15) is 9.90 Å². The zero-order valence-corrected chi connectivity index (χ0v) is 9.84. The summed E-state index contributed by atoms with van der Waals surface area (Å²) in [5, 5.41) is 19.5. The van der Waals surface area contributed by atoms with Crippen LogP contribution in [-0.4, -0.2) is 20.7 Å². The third kappa shape index (κ3) is 1.80. The molecular weight excluding hydrogens is 218 g/mol. The molecule has 0 saturated heterocycles. The van der Waals surface area contributed by atoms with Crippen LogP contribution in [0.2, 0.25) is 0 Å². The van der Waals surface area contributed by atoms with Crippen LogP contribution in [0.1, 0.15) is 24.3 Å². The Kier molecular flexibility index (Phi) is 2.90. The summed E-state index contributed by atoms with van der Waals surface area (Å²) in [7, 11) is 0. The second kappa shape index (κ2) is 4.22. The summed E-state index contributed by atoms with van der Waals surface area (Å²) in [4.78, 5) is 10.9. The second-order valence-corrected chi connectivity index (χ2v) is 4.07. The van der Waals surface area contributed by atoms with Crippen molar-refractivity contribution in [2.45, 2.75) is 26.5 Å². The molecule has 0 amide bonds. The lowest BCUT2D eigenvalue weighted by Gasteiger charge is -2.11. The van der Waals surface area contributed by atoms with Crippen molar-refractivity contribution in [3.63, 3.8) is 0 Å². The number of aliphatic hydroxyl groups excluding tert-OH is 1. The molecular formula is C13H15NO3. The number of aromatic nitrogens is 1. The van der Waals surface area contributed by atoms with Gasteiger partial charge in [0.1, 0.15) is 0 Å². The van der Waals surface area contributed by atoms with Crippen LogP contribution in [0.15, 0.2) is 24.3 Å². The van der Waals surface area contributed by atoms with Gasteiger partial charge in [-0.1, -0.05) is 18.2 Å². The van der Waals surface area contributed by atoms with Crippen molar-refractivity contribution in [3.05, 3.63) is 35.5 Å². The number of aryl methyl sites for hydroxylation is 2. The molecule has 2 aromatic rings. The monoisotopic (exact) mass is 233 g/mol. The summed E-state index contributed by atoms with van der Waals surface area (Å²) >= 11 is 0. The van der Waals surface area contributed by atoms with Gasteiger partial charge in [-0.3, -0.25) is 0 Å². The van der Waals surface area contributed by atoms with Crippen LogP contribution in [-0.2, 0) is 11.3 Å². The summed E-state index contributed by atoms with van der Waals surface area (Å²) in [6, 6.07) is 7.57. The topological polar surface area (TPSA) is 62.5 Å². The van der Waals surface area contributed by atoms with E-state index in [1.807, 2.05) is 36.6 Å². The predicted octanol–water partition coefficient (Wildman–Crippen LogP) is 2.09. The number of para-hydroxylation sites is 1. The first kappa shape index (κ1) is 11.7. The lowest BCUT2D eigenvalue weighted by molar-refractivity contribution is -0.147. The van der Waals surface area contributed by atoms with Crippen molar-refractivity contribution < 1.29 is 15.0 Å². The van der Waals surface area contributed by atoms with Crippen LogP contribution in [0.4, 0.5) is 0 Å². The lowest BCUT2D eigenvalue weighted by atomic mass is 10.1. The normalized spacial score (nSPS) is 12.9. The molecule has 4 heteroatoms. The number of nitrogens with zero attached hydrogens (tertiary/aromatic N) is 1. The molecule has 1 atom stereocenters. The molecule has 0 bridgehead atoms. The van der Waals surface area contributed by atoms with Gasteiger partial charge in [-0.15, -0.1) is 0 Å². The van der Waals surface area contributed by atoms with E-state index in [4.69, 9.17) is 5.11 Å². The largest absolute Gasteiger partial charge is 0.479 e. The fourth-order valence-corrected chi connectivity index (χ4v) is 2.23. The predicted molar refractivity (Wildman–Crippen MR) is 64.9 cm³/mol. The standard InChI is InChI=1S/C13H15NO3/c1-3-14-10(12(15)13(16)17)7-9-6-4-5-8(2)11(9)14/h4-7,12,15H,3H2,1-2H3,(H,16,17). The van der Waals surface area contributed by atoms with Gasteiger partial charge < -0.3 is 14.8 Å². The quantitative estimate of drug-likeness (QED) is 0.853. The van der Waals surface area contributed by atoms with Gasteiger partial charge >= 0.3 is 5.97 Å². The minimum Gasteiger partial charge on any atom is -0.479 e. The zero-order chi connectivity index (χ0) is 12.6. The third-order valence-corrected chi connectivity index (χ3v) is 2.98. The Morgan fingerprint density at radius 2 is 2.18 bits per heavy atom. The molecule has 90 valence electrons. The lowest BCUT2D eigenvalue weighted by Crippen LogP contribution is -2.15. The van der Waals surface area contributed by atoms with E-state index in [1.54, 1.807) is 6.07 Å². The summed E-state index contributed by atoms with van der Waals surface area (Å²) in [5.41, 5.74) is 2.50. The maximum atomic E-state index is 10.9. The molecule has 0 fully saturated rings.